The molecule has 0 amide bonds. The molecule has 0 fully saturated rings. The number of ether oxygens (including phenoxy) is 2. The van der Waals surface area contributed by atoms with Gasteiger partial charge in [-0.1, -0.05) is 18.2 Å². The van der Waals surface area contributed by atoms with Crippen molar-refractivity contribution >= 4 is 29.9 Å². The van der Waals surface area contributed by atoms with E-state index in [1.165, 1.54) is 0 Å². The molecule has 0 heterocycles. The molecule has 0 aromatic heterocycles. The number of halogens is 1. The number of methoxy groups -OCH3 is 1. The highest BCUT2D eigenvalue weighted by atomic mass is 127. The van der Waals surface area contributed by atoms with Gasteiger partial charge in [-0.3, -0.25) is 0 Å². The average Bonchev–Trinajstić information content (AvgIpc) is 2.70. The summed E-state index contributed by atoms with van der Waals surface area (Å²) in [7, 11) is 1.64. The van der Waals surface area contributed by atoms with Crippen molar-refractivity contribution in [2.24, 2.45) is 4.99 Å². The molecular formula is C21H27IN4O2. The van der Waals surface area contributed by atoms with Crippen LogP contribution in [0.2, 0.25) is 0 Å². The zero-order valence-electron chi connectivity index (χ0n) is 16.4. The van der Waals surface area contributed by atoms with E-state index in [4.69, 9.17) is 14.7 Å². The Hall–Kier alpha value is -2.47. The van der Waals surface area contributed by atoms with Gasteiger partial charge in [0.05, 0.1) is 31.8 Å². The highest BCUT2D eigenvalue weighted by molar-refractivity contribution is 14.0. The van der Waals surface area contributed by atoms with E-state index in [0.29, 0.717) is 18.7 Å². The third kappa shape index (κ3) is 8.05. The minimum absolute atomic E-state index is 0. The van der Waals surface area contributed by atoms with Crippen molar-refractivity contribution in [2.75, 3.05) is 20.2 Å². The molecule has 0 saturated heterocycles. The van der Waals surface area contributed by atoms with Crippen LogP contribution in [0, 0.1) is 11.3 Å². The number of hydrogen-bond acceptors (Lipinski definition) is 4. The number of hydrogen-bond donors (Lipinski definition) is 2. The molecule has 0 saturated carbocycles. The van der Waals surface area contributed by atoms with Crippen molar-refractivity contribution in [1.29, 1.82) is 5.26 Å². The van der Waals surface area contributed by atoms with E-state index in [2.05, 4.69) is 21.7 Å². The summed E-state index contributed by atoms with van der Waals surface area (Å²) < 4.78 is 11.1. The van der Waals surface area contributed by atoms with Gasteiger partial charge in [0.25, 0.3) is 0 Å². The fourth-order valence-electron chi connectivity index (χ4n) is 2.39. The van der Waals surface area contributed by atoms with Crippen LogP contribution in [0.25, 0.3) is 0 Å². The van der Waals surface area contributed by atoms with Crippen LogP contribution in [-0.4, -0.2) is 32.3 Å². The van der Waals surface area contributed by atoms with Gasteiger partial charge >= 0.3 is 0 Å². The van der Waals surface area contributed by atoms with Gasteiger partial charge in [0.15, 0.2) is 5.96 Å². The van der Waals surface area contributed by atoms with E-state index in [-0.39, 0.29) is 30.1 Å². The van der Waals surface area contributed by atoms with Crippen LogP contribution in [0.5, 0.6) is 11.5 Å². The predicted octanol–water partition coefficient (Wildman–Crippen LogP) is 3.71. The standard InChI is InChI=1S/C21H26N4O2.HI/c1-4-23-21(25-15-18-10-8-17(13-22)9-11-18)24-14-16(2)27-20-7-5-6-19(12-20)26-3;/h5-12,16H,4,14-15H2,1-3H3,(H2,23,24,25);1H. The zero-order chi connectivity index (χ0) is 19.5. The van der Waals surface area contributed by atoms with Gasteiger partial charge in [0, 0.05) is 12.6 Å². The average molecular weight is 494 g/mol. The Balaban J connectivity index is 0.00000392. The van der Waals surface area contributed by atoms with Gasteiger partial charge in [-0.25, -0.2) is 4.99 Å². The van der Waals surface area contributed by atoms with Gasteiger partial charge in [0.1, 0.15) is 17.6 Å². The van der Waals surface area contributed by atoms with Crippen LogP contribution < -0.4 is 20.1 Å². The molecular weight excluding hydrogens is 467 g/mol. The molecule has 0 spiro atoms. The summed E-state index contributed by atoms with van der Waals surface area (Å²) in [5, 5.41) is 15.4. The van der Waals surface area contributed by atoms with E-state index in [1.807, 2.05) is 50.2 Å². The highest BCUT2D eigenvalue weighted by Crippen LogP contribution is 2.19. The summed E-state index contributed by atoms with van der Waals surface area (Å²) in [6, 6.07) is 17.1. The summed E-state index contributed by atoms with van der Waals surface area (Å²) in [5.41, 5.74) is 1.70. The minimum atomic E-state index is -0.0455. The largest absolute Gasteiger partial charge is 0.497 e. The normalized spacial score (nSPS) is 11.6. The second kappa shape index (κ2) is 12.8. The Morgan fingerprint density at radius 2 is 1.86 bits per heavy atom. The van der Waals surface area contributed by atoms with Gasteiger partial charge in [0.2, 0.25) is 0 Å². The van der Waals surface area contributed by atoms with Crippen LogP contribution in [0.3, 0.4) is 0 Å². The van der Waals surface area contributed by atoms with Crippen molar-refractivity contribution in [3.05, 3.63) is 59.7 Å². The monoisotopic (exact) mass is 494 g/mol. The van der Waals surface area contributed by atoms with Crippen molar-refractivity contribution < 1.29 is 9.47 Å². The third-order valence-corrected chi connectivity index (χ3v) is 3.78. The quantitative estimate of drug-likeness (QED) is 0.333. The second-order valence-electron chi connectivity index (χ2n) is 5.99. The van der Waals surface area contributed by atoms with Crippen LogP contribution in [-0.2, 0) is 6.54 Å². The number of nitriles is 1. The van der Waals surface area contributed by atoms with Crippen molar-refractivity contribution in [3.63, 3.8) is 0 Å². The summed E-state index contributed by atoms with van der Waals surface area (Å²) >= 11 is 0. The minimum Gasteiger partial charge on any atom is -0.497 e. The Bertz CT molecular complexity index is 788. The molecule has 2 aromatic rings. The molecule has 28 heavy (non-hydrogen) atoms. The first-order valence-corrected chi connectivity index (χ1v) is 8.96. The first-order valence-electron chi connectivity index (χ1n) is 8.96. The molecule has 0 aliphatic heterocycles. The van der Waals surface area contributed by atoms with Crippen molar-refractivity contribution in [1.82, 2.24) is 10.6 Å². The lowest BCUT2D eigenvalue weighted by molar-refractivity contribution is 0.223. The van der Waals surface area contributed by atoms with E-state index >= 15 is 0 Å². The molecule has 1 atom stereocenters. The van der Waals surface area contributed by atoms with Gasteiger partial charge in [-0.15, -0.1) is 24.0 Å². The molecule has 0 radical (unpaired) electrons. The topological polar surface area (TPSA) is 78.7 Å². The third-order valence-electron chi connectivity index (χ3n) is 3.78. The van der Waals surface area contributed by atoms with Crippen LogP contribution in [0.4, 0.5) is 0 Å². The fourth-order valence-corrected chi connectivity index (χ4v) is 2.39. The Labute approximate surface area is 184 Å². The smallest absolute Gasteiger partial charge is 0.191 e. The van der Waals surface area contributed by atoms with E-state index in [0.717, 1.165) is 29.6 Å². The summed E-state index contributed by atoms with van der Waals surface area (Å²) in [6.07, 6.45) is -0.0455. The number of nitrogens with zero attached hydrogens (tertiary/aromatic N) is 2. The highest BCUT2D eigenvalue weighted by Gasteiger charge is 2.06. The molecule has 6 nitrogen and oxygen atoms in total. The maximum atomic E-state index is 8.86. The molecule has 0 bridgehead atoms. The number of guanidine groups is 1. The fraction of sp³-hybridized carbons (Fsp3) is 0.333. The molecule has 150 valence electrons. The van der Waals surface area contributed by atoms with Gasteiger partial charge in [-0.05, 0) is 43.7 Å². The van der Waals surface area contributed by atoms with Crippen LogP contribution in [0.15, 0.2) is 53.5 Å². The van der Waals surface area contributed by atoms with Crippen LogP contribution >= 0.6 is 24.0 Å². The number of benzene rings is 2. The molecule has 0 aliphatic rings. The second-order valence-corrected chi connectivity index (χ2v) is 5.99. The van der Waals surface area contributed by atoms with Gasteiger partial charge < -0.3 is 20.1 Å². The maximum Gasteiger partial charge on any atom is 0.191 e. The Morgan fingerprint density at radius 3 is 2.50 bits per heavy atom. The maximum absolute atomic E-state index is 8.86. The van der Waals surface area contributed by atoms with Crippen molar-refractivity contribution in [3.8, 4) is 17.6 Å². The lowest BCUT2D eigenvalue weighted by Crippen LogP contribution is -2.41. The summed E-state index contributed by atoms with van der Waals surface area (Å²) in [6.45, 7) is 5.93. The number of nitrogens with one attached hydrogen (secondary N) is 2. The van der Waals surface area contributed by atoms with Gasteiger partial charge in [-0.2, -0.15) is 5.26 Å². The predicted molar refractivity (Wildman–Crippen MR) is 122 cm³/mol. The summed E-state index contributed by atoms with van der Waals surface area (Å²) in [5.74, 6) is 2.26. The first kappa shape index (κ1) is 23.6. The number of aliphatic imine (C=N–C) groups is 1. The van der Waals surface area contributed by atoms with Crippen LogP contribution in [0.1, 0.15) is 25.0 Å². The Morgan fingerprint density at radius 1 is 1.14 bits per heavy atom. The molecule has 1 unspecified atom stereocenters. The molecule has 7 heteroatoms. The van der Waals surface area contributed by atoms with Crippen molar-refractivity contribution in [2.45, 2.75) is 26.5 Å². The number of rotatable bonds is 8. The molecule has 0 aliphatic carbocycles. The molecule has 2 N–H and O–H groups in total. The van der Waals surface area contributed by atoms with E-state index < -0.39 is 0 Å². The SMILES string of the molecule is CCNC(=NCc1ccc(C#N)cc1)NCC(C)Oc1cccc(OC)c1.I. The lowest BCUT2D eigenvalue weighted by Gasteiger charge is -2.18. The van der Waals surface area contributed by atoms with E-state index in [1.54, 1.807) is 19.2 Å². The first-order chi connectivity index (χ1) is 13.1. The molecule has 2 rings (SSSR count). The zero-order valence-corrected chi connectivity index (χ0v) is 18.8. The van der Waals surface area contributed by atoms with E-state index in [9.17, 15) is 0 Å². The summed E-state index contributed by atoms with van der Waals surface area (Å²) in [4.78, 5) is 4.58. The lowest BCUT2D eigenvalue weighted by atomic mass is 10.1. The Kier molecular flexibility index (Phi) is 10.8. The molecule has 2 aromatic carbocycles.